The lowest BCUT2D eigenvalue weighted by atomic mass is 9.81. The van der Waals surface area contributed by atoms with Crippen LogP contribution < -0.4 is 0 Å². The summed E-state index contributed by atoms with van der Waals surface area (Å²) in [5.41, 5.74) is 7.83. The first kappa shape index (κ1) is 21.1. The van der Waals surface area contributed by atoms with Gasteiger partial charge in [0.15, 0.2) is 0 Å². The van der Waals surface area contributed by atoms with Crippen LogP contribution in [-0.4, -0.2) is 25.7 Å². The third-order valence-corrected chi connectivity index (χ3v) is 7.10. The Morgan fingerprint density at radius 1 is 0.633 bits per heavy atom. The first-order valence-electron chi connectivity index (χ1n) is 11.4. The van der Waals surface area contributed by atoms with E-state index in [0.29, 0.717) is 17.6 Å². The quantitative estimate of drug-likeness (QED) is 0.644. The molecule has 2 unspecified atom stereocenters. The van der Waals surface area contributed by atoms with Crippen LogP contribution in [0.25, 0.3) is 0 Å². The Hall–Kier alpha value is -2.17. The van der Waals surface area contributed by atoms with E-state index in [1.807, 2.05) is 41.5 Å². The molecule has 2 aromatic rings. The minimum atomic E-state index is 0.0607. The summed E-state index contributed by atoms with van der Waals surface area (Å²) in [5, 5.41) is 0. The molecule has 5 nitrogen and oxygen atoms in total. The van der Waals surface area contributed by atoms with Gasteiger partial charge in [-0.3, -0.25) is 24.7 Å². The van der Waals surface area contributed by atoms with E-state index in [9.17, 15) is 4.79 Å². The predicted molar refractivity (Wildman–Crippen MR) is 117 cm³/mol. The van der Waals surface area contributed by atoms with Crippen molar-refractivity contribution in [2.24, 2.45) is 23.7 Å². The van der Waals surface area contributed by atoms with Crippen molar-refractivity contribution in [1.82, 2.24) is 19.9 Å². The van der Waals surface area contributed by atoms with Crippen molar-refractivity contribution in [3.8, 4) is 0 Å². The van der Waals surface area contributed by atoms with Crippen molar-refractivity contribution in [2.45, 2.75) is 80.1 Å². The van der Waals surface area contributed by atoms with Gasteiger partial charge < -0.3 is 0 Å². The molecule has 0 aromatic carbocycles. The van der Waals surface area contributed by atoms with Gasteiger partial charge in [0.2, 0.25) is 0 Å². The summed E-state index contributed by atoms with van der Waals surface area (Å²) < 4.78 is 0. The molecule has 0 spiro atoms. The van der Waals surface area contributed by atoms with Gasteiger partial charge in [0.25, 0.3) is 0 Å². The summed E-state index contributed by atoms with van der Waals surface area (Å²) in [6.07, 6.45) is 6.09. The zero-order chi connectivity index (χ0) is 21.6. The van der Waals surface area contributed by atoms with Crippen molar-refractivity contribution in [1.29, 1.82) is 0 Å². The van der Waals surface area contributed by atoms with Gasteiger partial charge in [0.1, 0.15) is 5.78 Å². The molecule has 2 aromatic heterocycles. The molecule has 0 saturated heterocycles. The number of hydrogen-bond acceptors (Lipinski definition) is 5. The van der Waals surface area contributed by atoms with Gasteiger partial charge in [-0.05, 0) is 79.1 Å². The monoisotopic (exact) mass is 406 g/mol. The van der Waals surface area contributed by atoms with E-state index in [4.69, 9.17) is 9.97 Å². The molecule has 5 heteroatoms. The van der Waals surface area contributed by atoms with Crippen LogP contribution in [0.5, 0.6) is 0 Å². The fourth-order valence-corrected chi connectivity index (χ4v) is 4.60. The Morgan fingerprint density at radius 2 is 0.967 bits per heavy atom. The molecule has 2 saturated carbocycles. The van der Waals surface area contributed by atoms with Gasteiger partial charge in [0.05, 0.1) is 45.6 Å². The van der Waals surface area contributed by atoms with Crippen LogP contribution >= 0.6 is 0 Å². The van der Waals surface area contributed by atoms with E-state index in [1.165, 1.54) is 0 Å². The smallest absolute Gasteiger partial charge is 0.140 e. The SMILES string of the molecule is Cc1nc(C)c(CC(C(=O)C(Cc2nc(C)c(C)nc2C)C2CC2)C2CC2)nc1C. The van der Waals surface area contributed by atoms with Crippen molar-refractivity contribution in [3.05, 3.63) is 45.6 Å². The third kappa shape index (κ3) is 4.45. The van der Waals surface area contributed by atoms with Crippen LogP contribution in [0, 0.1) is 65.2 Å². The molecule has 0 aliphatic heterocycles. The predicted octanol–water partition coefficient (Wildman–Crippen LogP) is 4.52. The average molecular weight is 407 g/mol. The minimum absolute atomic E-state index is 0.0607. The van der Waals surface area contributed by atoms with Crippen molar-refractivity contribution >= 4 is 5.78 Å². The maximum Gasteiger partial charge on any atom is 0.140 e. The molecular formula is C25H34N4O. The van der Waals surface area contributed by atoms with Crippen molar-refractivity contribution in [2.75, 3.05) is 0 Å². The van der Waals surface area contributed by atoms with Crippen molar-refractivity contribution in [3.63, 3.8) is 0 Å². The highest BCUT2D eigenvalue weighted by Gasteiger charge is 2.44. The van der Waals surface area contributed by atoms with E-state index in [0.717, 1.165) is 84.1 Å². The lowest BCUT2D eigenvalue weighted by Crippen LogP contribution is -2.31. The molecule has 0 amide bonds. The fourth-order valence-electron chi connectivity index (χ4n) is 4.60. The van der Waals surface area contributed by atoms with Crippen LogP contribution in [0.1, 0.15) is 71.2 Å². The summed E-state index contributed by atoms with van der Waals surface area (Å²) in [4.78, 5) is 32.8. The van der Waals surface area contributed by atoms with Gasteiger partial charge in [0, 0.05) is 24.7 Å². The molecule has 2 heterocycles. The normalized spacial score (nSPS) is 18.3. The number of carbonyl (C=O) groups is 1. The van der Waals surface area contributed by atoms with Gasteiger partial charge in [-0.25, -0.2) is 0 Å². The molecule has 2 atom stereocenters. The molecular weight excluding hydrogens is 372 g/mol. The largest absolute Gasteiger partial charge is 0.299 e. The number of nitrogens with zero attached hydrogens (tertiary/aromatic N) is 4. The van der Waals surface area contributed by atoms with Gasteiger partial charge in [-0.1, -0.05) is 0 Å². The Morgan fingerprint density at radius 3 is 1.30 bits per heavy atom. The Kier molecular flexibility index (Phi) is 5.73. The summed E-state index contributed by atoms with van der Waals surface area (Å²) in [6.45, 7) is 12.1. The number of aromatic nitrogens is 4. The van der Waals surface area contributed by atoms with Crippen LogP contribution in [0.4, 0.5) is 0 Å². The second kappa shape index (κ2) is 8.16. The first-order valence-corrected chi connectivity index (χ1v) is 11.4. The molecule has 2 fully saturated rings. The molecule has 160 valence electrons. The second-order valence-corrected chi connectivity index (χ2v) is 9.55. The zero-order valence-corrected chi connectivity index (χ0v) is 19.2. The summed E-state index contributed by atoms with van der Waals surface area (Å²) in [7, 11) is 0. The first-order chi connectivity index (χ1) is 14.2. The van der Waals surface area contributed by atoms with E-state index >= 15 is 0 Å². The van der Waals surface area contributed by atoms with E-state index in [2.05, 4.69) is 9.97 Å². The number of carbonyl (C=O) groups excluding carboxylic acids is 1. The molecule has 2 aliphatic rings. The van der Waals surface area contributed by atoms with Crippen LogP contribution in [0.2, 0.25) is 0 Å². The average Bonchev–Trinajstić information content (AvgIpc) is 3.58. The summed E-state index contributed by atoms with van der Waals surface area (Å²) >= 11 is 0. The fraction of sp³-hybridized carbons (Fsp3) is 0.640. The number of hydrogen-bond donors (Lipinski definition) is 0. The van der Waals surface area contributed by atoms with Gasteiger partial charge in [-0.2, -0.15) is 0 Å². The van der Waals surface area contributed by atoms with Gasteiger partial charge >= 0.3 is 0 Å². The lowest BCUT2D eigenvalue weighted by molar-refractivity contribution is -0.128. The number of aryl methyl sites for hydroxylation is 6. The lowest BCUT2D eigenvalue weighted by Gasteiger charge is -2.23. The third-order valence-electron chi connectivity index (χ3n) is 7.10. The number of Topliss-reactive ketones (excluding diaryl/α,β-unsaturated/α-hetero) is 1. The molecule has 30 heavy (non-hydrogen) atoms. The number of ketones is 1. The number of rotatable bonds is 8. The van der Waals surface area contributed by atoms with Crippen LogP contribution in [0.3, 0.4) is 0 Å². The minimum Gasteiger partial charge on any atom is -0.299 e. The standard InChI is InChI=1S/C25H34N4O/c1-13-15(3)28-23(17(5)26-13)11-21(19-7-8-19)25(30)22(20-9-10-20)12-24-18(6)27-14(2)16(4)29-24/h19-22H,7-12H2,1-6H3. The highest BCUT2D eigenvalue weighted by molar-refractivity contribution is 5.85. The highest BCUT2D eigenvalue weighted by Crippen LogP contribution is 2.45. The maximum absolute atomic E-state index is 13.8. The Balaban J connectivity index is 1.59. The Bertz CT molecular complexity index is 898. The van der Waals surface area contributed by atoms with Crippen molar-refractivity contribution < 1.29 is 4.79 Å². The molecule has 0 radical (unpaired) electrons. The van der Waals surface area contributed by atoms with Crippen LogP contribution in [-0.2, 0) is 17.6 Å². The van der Waals surface area contributed by atoms with Crippen LogP contribution in [0.15, 0.2) is 0 Å². The summed E-state index contributed by atoms with van der Waals surface area (Å²) in [6, 6.07) is 0. The summed E-state index contributed by atoms with van der Waals surface area (Å²) in [5.74, 6) is 1.57. The Labute approximate surface area is 180 Å². The molecule has 0 bridgehead atoms. The molecule has 2 aliphatic carbocycles. The molecule has 0 N–H and O–H groups in total. The topological polar surface area (TPSA) is 68.6 Å². The highest BCUT2D eigenvalue weighted by atomic mass is 16.1. The van der Waals surface area contributed by atoms with Gasteiger partial charge in [-0.15, -0.1) is 0 Å². The van der Waals surface area contributed by atoms with E-state index in [1.54, 1.807) is 0 Å². The van der Waals surface area contributed by atoms with E-state index in [-0.39, 0.29) is 11.8 Å². The zero-order valence-electron chi connectivity index (χ0n) is 19.2. The van der Waals surface area contributed by atoms with E-state index < -0.39 is 0 Å². The second-order valence-electron chi connectivity index (χ2n) is 9.55. The maximum atomic E-state index is 13.8. The molecule has 4 rings (SSSR count).